The quantitative estimate of drug-likeness (QED) is 0.680. The third kappa shape index (κ3) is 3.24. The summed E-state index contributed by atoms with van der Waals surface area (Å²) < 4.78 is 10.7. The van der Waals surface area contributed by atoms with Crippen LogP contribution in [0.5, 0.6) is 28.7 Å². The molecule has 23 heavy (non-hydrogen) atoms. The van der Waals surface area contributed by atoms with Gasteiger partial charge in [-0.1, -0.05) is 6.07 Å². The van der Waals surface area contributed by atoms with Gasteiger partial charge in [0.25, 0.3) is 0 Å². The van der Waals surface area contributed by atoms with Crippen molar-refractivity contribution in [2.24, 2.45) is 0 Å². The molecule has 0 amide bonds. The van der Waals surface area contributed by atoms with E-state index in [1.807, 2.05) is 0 Å². The van der Waals surface area contributed by atoms with Gasteiger partial charge in [0.15, 0.2) is 17.3 Å². The van der Waals surface area contributed by atoms with Crippen molar-refractivity contribution in [1.82, 2.24) is 0 Å². The summed E-state index contributed by atoms with van der Waals surface area (Å²) in [5.41, 5.74) is 0.658. The van der Waals surface area contributed by atoms with Crippen molar-refractivity contribution < 1.29 is 59.1 Å². The number of fused-ring (bicyclic) bond motifs is 1. The predicted octanol–water partition coefficient (Wildman–Crippen LogP) is -1.11. The standard InChI is InChI=1S/C16H14O6.Na/c1-21-14-4-8(2-3-10(14)18)13-7-12(20)16-11(19)5-9(17)6-15(16)22-13;/h2-6,13,17-19H,7H2,1H3;/q;+1/p-1/t13-;/m0./s1. The Morgan fingerprint density at radius 3 is 2.65 bits per heavy atom. The molecule has 1 heterocycles. The minimum Gasteiger partial charge on any atom is -0.872 e. The molecule has 0 bridgehead atoms. The average Bonchev–Trinajstić information content (AvgIpc) is 2.46. The molecule has 0 unspecified atom stereocenters. The molecule has 7 heteroatoms. The summed E-state index contributed by atoms with van der Waals surface area (Å²) in [6, 6.07) is 6.79. The van der Waals surface area contributed by atoms with Gasteiger partial charge in [-0.25, -0.2) is 0 Å². The molecular weight excluding hydrogens is 311 g/mol. The van der Waals surface area contributed by atoms with Crippen LogP contribution in [0.4, 0.5) is 0 Å². The van der Waals surface area contributed by atoms with Crippen LogP contribution >= 0.6 is 0 Å². The SMILES string of the molecule is COc1cc([C@@H]2CC(=O)c3c(O)cc([O-])cc3O2)ccc1O.[Na+]. The summed E-state index contributed by atoms with van der Waals surface area (Å²) in [5.74, 6) is -0.802. The first kappa shape index (κ1) is 17.5. The minimum atomic E-state index is -0.615. The van der Waals surface area contributed by atoms with E-state index in [0.29, 0.717) is 5.56 Å². The van der Waals surface area contributed by atoms with Crippen molar-refractivity contribution >= 4 is 5.78 Å². The van der Waals surface area contributed by atoms with Crippen LogP contribution < -0.4 is 44.1 Å². The topological polar surface area (TPSA) is 99.1 Å². The molecule has 1 atom stereocenters. The smallest absolute Gasteiger partial charge is 0.872 e. The number of carbonyl (C=O) groups excluding carboxylic acids is 1. The van der Waals surface area contributed by atoms with E-state index in [0.717, 1.165) is 6.07 Å². The molecule has 0 aliphatic carbocycles. The fourth-order valence-electron chi connectivity index (χ4n) is 2.50. The van der Waals surface area contributed by atoms with Crippen molar-refractivity contribution in [2.45, 2.75) is 12.5 Å². The average molecular weight is 324 g/mol. The number of Topliss-reactive ketones (excluding diaryl/α,β-unsaturated/α-hetero) is 1. The van der Waals surface area contributed by atoms with Crippen LogP contribution in [-0.2, 0) is 0 Å². The van der Waals surface area contributed by atoms with Crippen molar-refractivity contribution in [1.29, 1.82) is 0 Å². The van der Waals surface area contributed by atoms with E-state index in [4.69, 9.17) is 9.47 Å². The molecular formula is C16H13NaO6. The molecule has 1 aliphatic heterocycles. The number of phenols is 2. The molecule has 2 aromatic carbocycles. The first-order valence-corrected chi connectivity index (χ1v) is 6.60. The van der Waals surface area contributed by atoms with Gasteiger partial charge in [-0.2, -0.15) is 0 Å². The van der Waals surface area contributed by atoms with Crippen LogP contribution in [0, 0.1) is 0 Å². The summed E-state index contributed by atoms with van der Waals surface area (Å²) in [5, 5.41) is 30.8. The van der Waals surface area contributed by atoms with Gasteiger partial charge in [-0.15, -0.1) is 5.75 Å². The Balaban J connectivity index is 0.00000192. The second kappa shape index (κ2) is 6.70. The Hall–Kier alpha value is -1.89. The molecule has 1 aliphatic rings. The van der Waals surface area contributed by atoms with Crippen LogP contribution in [-0.4, -0.2) is 23.1 Å². The third-order valence-electron chi connectivity index (χ3n) is 3.55. The number of aromatic hydroxyl groups is 2. The third-order valence-corrected chi connectivity index (χ3v) is 3.55. The Morgan fingerprint density at radius 1 is 1.22 bits per heavy atom. The molecule has 0 radical (unpaired) electrons. The van der Waals surface area contributed by atoms with E-state index in [-0.39, 0.29) is 70.3 Å². The summed E-state index contributed by atoms with van der Waals surface area (Å²) in [4.78, 5) is 12.2. The number of carbonyl (C=O) groups is 1. The largest absolute Gasteiger partial charge is 1.00 e. The number of benzene rings is 2. The van der Waals surface area contributed by atoms with Crippen LogP contribution in [0.3, 0.4) is 0 Å². The Bertz CT molecular complexity index is 758. The Kier molecular flexibility index (Phi) is 5.09. The first-order valence-electron chi connectivity index (χ1n) is 6.60. The van der Waals surface area contributed by atoms with Gasteiger partial charge in [0.2, 0.25) is 0 Å². The van der Waals surface area contributed by atoms with E-state index in [9.17, 15) is 20.1 Å². The van der Waals surface area contributed by atoms with E-state index < -0.39 is 11.9 Å². The zero-order valence-electron chi connectivity index (χ0n) is 12.7. The second-order valence-corrected chi connectivity index (χ2v) is 4.98. The number of methoxy groups -OCH3 is 1. The van der Waals surface area contributed by atoms with E-state index in [1.54, 1.807) is 12.1 Å². The number of rotatable bonds is 2. The number of ketones is 1. The summed E-state index contributed by atoms with van der Waals surface area (Å²) >= 11 is 0. The molecule has 6 nitrogen and oxygen atoms in total. The number of ether oxygens (including phenoxy) is 2. The Morgan fingerprint density at radius 2 is 1.96 bits per heavy atom. The fourth-order valence-corrected chi connectivity index (χ4v) is 2.50. The second-order valence-electron chi connectivity index (χ2n) is 4.98. The monoisotopic (exact) mass is 324 g/mol. The summed E-state index contributed by atoms with van der Waals surface area (Å²) in [6.07, 6.45) is -0.595. The van der Waals surface area contributed by atoms with Gasteiger partial charge in [0.1, 0.15) is 23.2 Å². The van der Waals surface area contributed by atoms with Gasteiger partial charge in [-0.05, 0) is 29.8 Å². The minimum absolute atomic E-state index is 0. The van der Waals surface area contributed by atoms with E-state index in [1.165, 1.54) is 19.2 Å². The molecule has 0 aromatic heterocycles. The number of phenolic OH excluding ortho intramolecular Hbond substituents is 2. The number of hydrogen-bond acceptors (Lipinski definition) is 6. The Labute approximate surface area is 154 Å². The van der Waals surface area contributed by atoms with E-state index in [2.05, 4.69) is 0 Å². The van der Waals surface area contributed by atoms with E-state index >= 15 is 0 Å². The molecule has 0 saturated heterocycles. The van der Waals surface area contributed by atoms with Gasteiger partial charge < -0.3 is 24.8 Å². The maximum absolute atomic E-state index is 12.2. The number of hydrogen-bond donors (Lipinski definition) is 2. The van der Waals surface area contributed by atoms with Crippen molar-refractivity contribution in [2.75, 3.05) is 7.11 Å². The normalized spacial score (nSPS) is 16.0. The zero-order chi connectivity index (χ0) is 15.9. The molecule has 3 rings (SSSR count). The van der Waals surface area contributed by atoms with Gasteiger partial charge in [0, 0.05) is 0 Å². The van der Waals surface area contributed by atoms with Crippen LogP contribution in [0.25, 0.3) is 0 Å². The first-order chi connectivity index (χ1) is 10.5. The zero-order valence-corrected chi connectivity index (χ0v) is 14.7. The molecule has 2 N–H and O–H groups in total. The maximum atomic E-state index is 12.2. The summed E-state index contributed by atoms with van der Waals surface area (Å²) in [7, 11) is 1.42. The molecule has 2 aromatic rings. The maximum Gasteiger partial charge on any atom is 1.00 e. The van der Waals surface area contributed by atoms with Gasteiger partial charge in [-0.3, -0.25) is 4.79 Å². The predicted molar refractivity (Wildman–Crippen MR) is 74.5 cm³/mol. The van der Waals surface area contributed by atoms with Crippen LogP contribution in [0.15, 0.2) is 30.3 Å². The fraction of sp³-hybridized carbons (Fsp3) is 0.188. The van der Waals surface area contributed by atoms with Crippen LogP contribution in [0.1, 0.15) is 28.4 Å². The molecule has 0 fully saturated rings. The van der Waals surface area contributed by atoms with Crippen molar-refractivity contribution in [3.63, 3.8) is 0 Å². The molecule has 0 spiro atoms. The van der Waals surface area contributed by atoms with Crippen molar-refractivity contribution in [3.05, 3.63) is 41.5 Å². The van der Waals surface area contributed by atoms with Gasteiger partial charge >= 0.3 is 29.6 Å². The van der Waals surface area contributed by atoms with Gasteiger partial charge in [0.05, 0.1) is 13.5 Å². The molecule has 114 valence electrons. The van der Waals surface area contributed by atoms with Crippen LogP contribution in [0.2, 0.25) is 0 Å². The molecule has 0 saturated carbocycles. The summed E-state index contributed by atoms with van der Waals surface area (Å²) in [6.45, 7) is 0. The van der Waals surface area contributed by atoms with Crippen molar-refractivity contribution in [3.8, 4) is 28.7 Å².